The number of fused-ring (bicyclic) bond motifs is 1. The molecule has 1 N–H and O–H groups in total. The number of esters is 1. The molecule has 28 heavy (non-hydrogen) atoms. The number of carbonyl (C=O) groups is 2. The summed E-state index contributed by atoms with van der Waals surface area (Å²) in [6, 6.07) is 6.97. The summed E-state index contributed by atoms with van der Waals surface area (Å²) in [5.41, 5.74) is 1.78. The first-order valence-corrected chi connectivity index (χ1v) is 10.2. The predicted octanol–water partition coefficient (Wildman–Crippen LogP) is 4.22. The molecule has 6 nitrogen and oxygen atoms in total. The zero-order valence-corrected chi connectivity index (χ0v) is 17.2. The van der Waals surface area contributed by atoms with E-state index in [-0.39, 0.29) is 0 Å². The van der Waals surface area contributed by atoms with E-state index in [0.29, 0.717) is 22.1 Å². The standard InChI is InChI=1S/C21H25NO5S/c1-13(20(23)22-15-9-10-16(25-2)17(12-15)26-3)27-21(24)19-11-14-7-5-4-6-8-18(14)28-19/h9-13H,4-8H2,1-3H3,(H,22,23)/t13-/m0/s1. The van der Waals surface area contributed by atoms with E-state index in [1.54, 1.807) is 32.2 Å². The van der Waals surface area contributed by atoms with Gasteiger partial charge in [0.25, 0.3) is 5.91 Å². The van der Waals surface area contributed by atoms with Crippen molar-refractivity contribution in [1.29, 1.82) is 0 Å². The first-order chi connectivity index (χ1) is 13.5. The van der Waals surface area contributed by atoms with Crippen molar-refractivity contribution in [3.8, 4) is 11.5 Å². The van der Waals surface area contributed by atoms with Crippen molar-refractivity contribution in [3.63, 3.8) is 0 Å². The second kappa shape index (κ2) is 9.10. The first-order valence-electron chi connectivity index (χ1n) is 9.37. The highest BCUT2D eigenvalue weighted by Gasteiger charge is 2.22. The smallest absolute Gasteiger partial charge is 0.349 e. The fourth-order valence-corrected chi connectivity index (χ4v) is 4.33. The summed E-state index contributed by atoms with van der Waals surface area (Å²) in [7, 11) is 3.07. The minimum absolute atomic E-state index is 0.404. The molecular formula is C21H25NO5S. The van der Waals surface area contributed by atoms with Crippen LogP contribution in [0.2, 0.25) is 0 Å². The highest BCUT2D eigenvalue weighted by Crippen LogP contribution is 2.31. The third kappa shape index (κ3) is 4.65. The number of thiophene rings is 1. The van der Waals surface area contributed by atoms with Gasteiger partial charge in [0.15, 0.2) is 17.6 Å². The van der Waals surface area contributed by atoms with Crippen LogP contribution in [0.4, 0.5) is 5.69 Å². The van der Waals surface area contributed by atoms with E-state index in [2.05, 4.69) is 5.32 Å². The Morgan fingerprint density at radius 1 is 1.04 bits per heavy atom. The average molecular weight is 404 g/mol. The van der Waals surface area contributed by atoms with Crippen molar-refractivity contribution in [3.05, 3.63) is 39.6 Å². The van der Waals surface area contributed by atoms with Crippen molar-refractivity contribution in [2.24, 2.45) is 0 Å². The largest absolute Gasteiger partial charge is 0.493 e. The number of ether oxygens (including phenoxy) is 3. The molecule has 1 aromatic carbocycles. The van der Waals surface area contributed by atoms with Crippen LogP contribution in [0.3, 0.4) is 0 Å². The van der Waals surface area contributed by atoms with Gasteiger partial charge in [-0.2, -0.15) is 0 Å². The molecule has 1 aromatic heterocycles. The van der Waals surface area contributed by atoms with Crippen LogP contribution in [0.25, 0.3) is 0 Å². The number of carbonyl (C=O) groups excluding carboxylic acids is 2. The van der Waals surface area contributed by atoms with Gasteiger partial charge in [-0.15, -0.1) is 11.3 Å². The highest BCUT2D eigenvalue weighted by molar-refractivity contribution is 7.14. The van der Waals surface area contributed by atoms with Crippen LogP contribution >= 0.6 is 11.3 Å². The Morgan fingerprint density at radius 2 is 1.79 bits per heavy atom. The fraction of sp³-hybridized carbons (Fsp3) is 0.429. The monoisotopic (exact) mass is 403 g/mol. The van der Waals surface area contributed by atoms with Gasteiger partial charge in [0.1, 0.15) is 4.88 Å². The number of rotatable bonds is 6. The minimum Gasteiger partial charge on any atom is -0.493 e. The van der Waals surface area contributed by atoms with Crippen LogP contribution in [-0.4, -0.2) is 32.2 Å². The third-order valence-corrected chi connectivity index (χ3v) is 5.97. The van der Waals surface area contributed by atoms with Crippen molar-refractivity contribution in [2.75, 3.05) is 19.5 Å². The summed E-state index contributed by atoms with van der Waals surface area (Å²) in [6.07, 6.45) is 4.66. The van der Waals surface area contributed by atoms with Gasteiger partial charge in [0, 0.05) is 16.6 Å². The second-order valence-electron chi connectivity index (χ2n) is 6.73. The molecule has 0 saturated heterocycles. The van der Waals surface area contributed by atoms with Gasteiger partial charge in [-0.25, -0.2) is 4.79 Å². The fourth-order valence-electron chi connectivity index (χ4n) is 3.20. The third-order valence-electron chi connectivity index (χ3n) is 4.75. The Hall–Kier alpha value is -2.54. The molecule has 1 aliphatic rings. The molecule has 7 heteroatoms. The van der Waals surface area contributed by atoms with E-state index in [0.717, 1.165) is 25.7 Å². The van der Waals surface area contributed by atoms with Gasteiger partial charge < -0.3 is 19.5 Å². The molecule has 1 heterocycles. The minimum atomic E-state index is -0.914. The number of methoxy groups -OCH3 is 2. The Kier molecular flexibility index (Phi) is 6.57. The zero-order valence-electron chi connectivity index (χ0n) is 16.4. The molecule has 1 aliphatic carbocycles. The van der Waals surface area contributed by atoms with Crippen LogP contribution in [0.15, 0.2) is 24.3 Å². The van der Waals surface area contributed by atoms with Crippen LogP contribution in [-0.2, 0) is 22.4 Å². The van der Waals surface area contributed by atoms with Gasteiger partial charge in [0.2, 0.25) is 0 Å². The molecule has 150 valence electrons. The molecule has 1 amide bonds. The normalized spacial score (nSPS) is 14.4. The molecule has 1 atom stereocenters. The number of benzene rings is 1. The van der Waals surface area contributed by atoms with E-state index < -0.39 is 18.0 Å². The Labute approximate surface area is 168 Å². The van der Waals surface area contributed by atoms with Crippen molar-refractivity contribution < 1.29 is 23.8 Å². The van der Waals surface area contributed by atoms with Crippen molar-refractivity contribution in [1.82, 2.24) is 0 Å². The SMILES string of the molecule is COc1ccc(NC(=O)[C@H](C)OC(=O)c2cc3c(s2)CCCCC3)cc1OC. The van der Waals surface area contributed by atoms with Gasteiger partial charge in [-0.1, -0.05) is 6.42 Å². The molecule has 0 spiro atoms. The van der Waals surface area contributed by atoms with Crippen LogP contribution < -0.4 is 14.8 Å². The maximum atomic E-state index is 12.5. The summed E-state index contributed by atoms with van der Waals surface area (Å²) in [4.78, 5) is 26.7. The van der Waals surface area contributed by atoms with Crippen LogP contribution in [0.1, 0.15) is 46.3 Å². The quantitative estimate of drug-likeness (QED) is 0.577. The molecule has 3 rings (SSSR count). The van der Waals surface area contributed by atoms with E-state index in [1.807, 2.05) is 6.07 Å². The van der Waals surface area contributed by atoms with E-state index in [1.165, 1.54) is 35.3 Å². The van der Waals surface area contributed by atoms with E-state index >= 15 is 0 Å². The number of hydrogen-bond acceptors (Lipinski definition) is 6. The Morgan fingerprint density at radius 3 is 2.54 bits per heavy atom. The van der Waals surface area contributed by atoms with Crippen molar-refractivity contribution >= 4 is 28.9 Å². The highest BCUT2D eigenvalue weighted by atomic mass is 32.1. The lowest BCUT2D eigenvalue weighted by molar-refractivity contribution is -0.123. The molecule has 0 saturated carbocycles. The molecular weight excluding hydrogens is 378 g/mol. The number of amides is 1. The first kappa shape index (κ1) is 20.2. The van der Waals surface area contributed by atoms with Gasteiger partial charge in [0.05, 0.1) is 14.2 Å². The summed E-state index contributed by atoms with van der Waals surface area (Å²) in [5, 5.41) is 2.73. The van der Waals surface area contributed by atoms with Crippen molar-refractivity contribution in [2.45, 2.75) is 45.1 Å². The van der Waals surface area contributed by atoms with Crippen LogP contribution in [0, 0.1) is 0 Å². The molecule has 0 radical (unpaired) electrons. The summed E-state index contributed by atoms with van der Waals surface area (Å²) < 4.78 is 15.8. The number of aryl methyl sites for hydroxylation is 2. The number of anilines is 1. The lowest BCUT2D eigenvalue weighted by Crippen LogP contribution is -2.29. The molecule has 0 bridgehead atoms. The Balaban J connectivity index is 1.61. The molecule has 0 fully saturated rings. The van der Waals surface area contributed by atoms with E-state index in [9.17, 15) is 9.59 Å². The molecule has 0 aliphatic heterocycles. The van der Waals surface area contributed by atoms with Crippen LogP contribution in [0.5, 0.6) is 11.5 Å². The van der Waals surface area contributed by atoms with E-state index in [4.69, 9.17) is 14.2 Å². The summed E-state index contributed by atoms with van der Waals surface area (Å²) in [6.45, 7) is 1.56. The molecule has 2 aromatic rings. The predicted molar refractivity (Wildman–Crippen MR) is 109 cm³/mol. The number of nitrogens with one attached hydrogen (secondary N) is 1. The summed E-state index contributed by atoms with van der Waals surface area (Å²) in [5.74, 6) is 0.217. The van der Waals surface area contributed by atoms with Gasteiger partial charge in [-0.05, 0) is 56.4 Å². The molecule has 0 unspecified atom stereocenters. The zero-order chi connectivity index (χ0) is 20.1. The van der Waals surface area contributed by atoms with Gasteiger partial charge >= 0.3 is 5.97 Å². The number of hydrogen-bond donors (Lipinski definition) is 1. The summed E-state index contributed by atoms with van der Waals surface area (Å²) >= 11 is 1.49. The average Bonchev–Trinajstić information content (AvgIpc) is 2.98. The lowest BCUT2D eigenvalue weighted by Gasteiger charge is -2.14. The topological polar surface area (TPSA) is 73.9 Å². The van der Waals surface area contributed by atoms with Gasteiger partial charge in [-0.3, -0.25) is 4.79 Å². The maximum Gasteiger partial charge on any atom is 0.349 e. The second-order valence-corrected chi connectivity index (χ2v) is 7.86. The lowest BCUT2D eigenvalue weighted by atomic mass is 10.1. The Bertz CT molecular complexity index is 837. The maximum absolute atomic E-state index is 12.5.